The zero-order valence-corrected chi connectivity index (χ0v) is 11.2. The molecule has 0 amide bonds. The Hall–Kier alpha value is -1.51. The van der Waals surface area contributed by atoms with Crippen molar-refractivity contribution >= 4 is 34.7 Å². The molecule has 0 aliphatic heterocycles. The molecule has 2 nitrogen and oxygen atoms in total. The summed E-state index contributed by atoms with van der Waals surface area (Å²) in [5.74, 6) is -0.146. The van der Waals surface area contributed by atoms with Gasteiger partial charge < -0.3 is 5.32 Å². The van der Waals surface area contributed by atoms with Gasteiger partial charge in [-0.25, -0.2) is 0 Å². The summed E-state index contributed by atoms with van der Waals surface area (Å²) >= 11 is 11.9. The highest BCUT2D eigenvalue weighted by Gasteiger charge is 2.16. The minimum Gasteiger partial charge on any atom is -0.388 e. The van der Waals surface area contributed by atoms with Crippen LogP contribution in [-0.2, 0) is 0 Å². The molecule has 2 aromatic rings. The van der Waals surface area contributed by atoms with Gasteiger partial charge >= 0.3 is 0 Å². The second kappa shape index (κ2) is 5.42. The lowest BCUT2D eigenvalue weighted by molar-refractivity contribution is 0.103. The fourth-order valence-corrected chi connectivity index (χ4v) is 2.09. The van der Waals surface area contributed by atoms with Crippen molar-refractivity contribution < 1.29 is 4.79 Å². The molecule has 0 bridgehead atoms. The summed E-state index contributed by atoms with van der Waals surface area (Å²) in [5, 5.41) is 3.87. The highest BCUT2D eigenvalue weighted by Crippen LogP contribution is 2.26. The summed E-state index contributed by atoms with van der Waals surface area (Å²) < 4.78 is 0. The van der Waals surface area contributed by atoms with E-state index in [4.69, 9.17) is 23.2 Å². The smallest absolute Gasteiger partial charge is 0.196 e. The van der Waals surface area contributed by atoms with Crippen molar-refractivity contribution in [3.63, 3.8) is 0 Å². The summed E-state index contributed by atoms with van der Waals surface area (Å²) in [6, 6.07) is 12.1. The Balaban J connectivity index is 2.51. The number of anilines is 1. The first-order chi connectivity index (χ1) is 8.63. The van der Waals surface area contributed by atoms with Crippen LogP contribution in [0.4, 0.5) is 5.69 Å². The van der Waals surface area contributed by atoms with Crippen molar-refractivity contribution in [1.82, 2.24) is 0 Å². The Kier molecular flexibility index (Phi) is 3.90. The molecule has 0 radical (unpaired) electrons. The average molecular weight is 280 g/mol. The molecule has 0 aromatic heterocycles. The number of nitrogens with one attached hydrogen (secondary N) is 1. The molecule has 0 spiro atoms. The third kappa shape index (κ3) is 2.50. The van der Waals surface area contributed by atoms with Crippen LogP contribution in [0, 0.1) is 0 Å². The van der Waals surface area contributed by atoms with Gasteiger partial charge in [-0.3, -0.25) is 4.79 Å². The second-order valence-corrected chi connectivity index (χ2v) is 4.59. The van der Waals surface area contributed by atoms with E-state index in [2.05, 4.69) is 5.32 Å². The number of carbonyl (C=O) groups excluding carboxylic acids is 1. The quantitative estimate of drug-likeness (QED) is 0.851. The van der Waals surface area contributed by atoms with Crippen molar-refractivity contribution in [1.29, 1.82) is 0 Å². The van der Waals surface area contributed by atoms with Gasteiger partial charge in [-0.15, -0.1) is 0 Å². The van der Waals surface area contributed by atoms with Gasteiger partial charge in [-0.1, -0.05) is 35.3 Å². The predicted octanol–water partition coefficient (Wildman–Crippen LogP) is 4.27. The maximum Gasteiger partial charge on any atom is 0.196 e. The maximum atomic E-state index is 12.4. The second-order valence-electron chi connectivity index (χ2n) is 3.75. The number of rotatable bonds is 3. The molecule has 0 aliphatic carbocycles. The maximum absolute atomic E-state index is 12.4. The lowest BCUT2D eigenvalue weighted by atomic mass is 10.0. The SMILES string of the molecule is CNc1ccccc1C(=O)c1cc(Cl)ccc1Cl. The summed E-state index contributed by atoms with van der Waals surface area (Å²) in [6.45, 7) is 0. The van der Waals surface area contributed by atoms with Crippen molar-refractivity contribution in [2.75, 3.05) is 12.4 Å². The van der Waals surface area contributed by atoms with E-state index in [1.165, 1.54) is 0 Å². The van der Waals surface area contributed by atoms with Crippen LogP contribution in [0.2, 0.25) is 10.0 Å². The van der Waals surface area contributed by atoms with E-state index >= 15 is 0 Å². The Morgan fingerprint density at radius 1 is 1.06 bits per heavy atom. The Bertz CT molecular complexity index is 596. The zero-order valence-electron chi connectivity index (χ0n) is 9.71. The lowest BCUT2D eigenvalue weighted by Gasteiger charge is -2.09. The van der Waals surface area contributed by atoms with Gasteiger partial charge in [0.15, 0.2) is 5.78 Å². The topological polar surface area (TPSA) is 29.1 Å². The molecule has 0 saturated heterocycles. The number of carbonyl (C=O) groups is 1. The monoisotopic (exact) mass is 279 g/mol. The lowest BCUT2D eigenvalue weighted by Crippen LogP contribution is -2.06. The van der Waals surface area contributed by atoms with E-state index in [1.807, 2.05) is 18.2 Å². The van der Waals surface area contributed by atoms with Crippen LogP contribution < -0.4 is 5.32 Å². The van der Waals surface area contributed by atoms with Crippen LogP contribution in [0.5, 0.6) is 0 Å². The summed E-state index contributed by atoms with van der Waals surface area (Å²) in [4.78, 5) is 12.4. The molecule has 0 unspecified atom stereocenters. The van der Waals surface area contributed by atoms with Gasteiger partial charge in [0, 0.05) is 28.9 Å². The summed E-state index contributed by atoms with van der Waals surface area (Å²) in [7, 11) is 1.77. The molecule has 0 fully saturated rings. The first-order valence-corrected chi connectivity index (χ1v) is 6.15. The molecule has 0 atom stereocenters. The van der Waals surface area contributed by atoms with E-state index in [9.17, 15) is 4.79 Å². The molecule has 4 heteroatoms. The van der Waals surface area contributed by atoms with E-state index in [-0.39, 0.29) is 5.78 Å². The summed E-state index contributed by atoms with van der Waals surface area (Å²) in [6.07, 6.45) is 0. The first-order valence-electron chi connectivity index (χ1n) is 5.40. The molecule has 18 heavy (non-hydrogen) atoms. The fourth-order valence-electron chi connectivity index (χ4n) is 1.72. The third-order valence-corrected chi connectivity index (χ3v) is 3.18. The number of hydrogen-bond donors (Lipinski definition) is 1. The van der Waals surface area contributed by atoms with Gasteiger partial charge in [0.25, 0.3) is 0 Å². The minimum atomic E-state index is -0.146. The molecule has 0 heterocycles. The molecule has 0 saturated carbocycles. The van der Waals surface area contributed by atoms with Crippen molar-refractivity contribution in [3.8, 4) is 0 Å². The Morgan fingerprint density at radius 3 is 2.50 bits per heavy atom. The molecule has 2 aromatic carbocycles. The van der Waals surface area contributed by atoms with Crippen LogP contribution in [0.3, 0.4) is 0 Å². The van der Waals surface area contributed by atoms with E-state index in [1.54, 1.807) is 31.3 Å². The van der Waals surface area contributed by atoms with Gasteiger partial charge in [-0.2, -0.15) is 0 Å². The zero-order chi connectivity index (χ0) is 13.1. The molecule has 92 valence electrons. The fraction of sp³-hybridized carbons (Fsp3) is 0.0714. The number of benzene rings is 2. The number of ketones is 1. The highest BCUT2D eigenvalue weighted by atomic mass is 35.5. The minimum absolute atomic E-state index is 0.146. The standard InChI is InChI=1S/C14H11Cl2NO/c1-17-13-5-3-2-4-10(13)14(18)11-8-9(15)6-7-12(11)16/h2-8,17H,1H3. The van der Waals surface area contributed by atoms with Crippen LogP contribution in [0.15, 0.2) is 42.5 Å². The average Bonchev–Trinajstić information content (AvgIpc) is 2.40. The predicted molar refractivity (Wildman–Crippen MR) is 75.9 cm³/mol. The molecular weight excluding hydrogens is 269 g/mol. The van der Waals surface area contributed by atoms with Crippen LogP contribution in [0.1, 0.15) is 15.9 Å². The van der Waals surface area contributed by atoms with Crippen LogP contribution in [-0.4, -0.2) is 12.8 Å². The molecule has 1 N–H and O–H groups in total. The number of para-hydroxylation sites is 1. The van der Waals surface area contributed by atoms with Gasteiger partial charge in [-0.05, 0) is 30.3 Å². The van der Waals surface area contributed by atoms with Crippen LogP contribution >= 0.6 is 23.2 Å². The molecular formula is C14H11Cl2NO. The normalized spacial score (nSPS) is 10.2. The van der Waals surface area contributed by atoms with E-state index in [0.29, 0.717) is 21.2 Å². The van der Waals surface area contributed by atoms with Crippen molar-refractivity contribution in [3.05, 3.63) is 63.6 Å². The third-order valence-electron chi connectivity index (χ3n) is 2.61. The van der Waals surface area contributed by atoms with Crippen molar-refractivity contribution in [2.45, 2.75) is 0 Å². The van der Waals surface area contributed by atoms with Gasteiger partial charge in [0.1, 0.15) is 0 Å². The molecule has 0 aliphatic rings. The Labute approximate surface area is 116 Å². The van der Waals surface area contributed by atoms with Gasteiger partial charge in [0.2, 0.25) is 0 Å². The number of halogens is 2. The number of hydrogen-bond acceptors (Lipinski definition) is 2. The Morgan fingerprint density at radius 2 is 1.78 bits per heavy atom. The van der Waals surface area contributed by atoms with E-state index < -0.39 is 0 Å². The van der Waals surface area contributed by atoms with Crippen molar-refractivity contribution in [2.24, 2.45) is 0 Å². The summed E-state index contributed by atoms with van der Waals surface area (Å²) in [5.41, 5.74) is 1.74. The largest absolute Gasteiger partial charge is 0.388 e. The van der Waals surface area contributed by atoms with Crippen LogP contribution in [0.25, 0.3) is 0 Å². The molecule has 2 rings (SSSR count). The highest BCUT2D eigenvalue weighted by molar-refractivity contribution is 6.37. The van der Waals surface area contributed by atoms with E-state index in [0.717, 1.165) is 5.69 Å². The first kappa shape index (κ1) is 12.9. The van der Waals surface area contributed by atoms with Gasteiger partial charge in [0.05, 0.1) is 5.02 Å².